The van der Waals surface area contributed by atoms with Gasteiger partial charge in [-0.05, 0) is 48.9 Å². The SMILES string of the molecule is COc1ccc2nc(C(=O)N(C)C(C)c3ccc(S(C)(=O)=O)cc3)ccc2c1. The summed E-state index contributed by atoms with van der Waals surface area (Å²) in [5, 5.41) is 0.892. The minimum atomic E-state index is -3.25. The Morgan fingerprint density at radius 1 is 1.07 bits per heavy atom. The molecule has 6 nitrogen and oxygen atoms in total. The maximum Gasteiger partial charge on any atom is 0.272 e. The van der Waals surface area contributed by atoms with Crippen LogP contribution in [-0.4, -0.2) is 44.6 Å². The molecule has 1 aromatic heterocycles. The Morgan fingerprint density at radius 2 is 1.75 bits per heavy atom. The number of sulfone groups is 1. The van der Waals surface area contributed by atoms with Gasteiger partial charge in [0.15, 0.2) is 9.84 Å². The number of benzene rings is 2. The average molecular weight is 398 g/mol. The second-order valence-corrected chi connectivity index (χ2v) is 8.70. The smallest absolute Gasteiger partial charge is 0.272 e. The number of pyridine rings is 1. The Hall–Kier alpha value is -2.93. The third-order valence-corrected chi connectivity index (χ3v) is 5.94. The van der Waals surface area contributed by atoms with E-state index in [4.69, 9.17) is 4.74 Å². The fourth-order valence-corrected chi connectivity index (χ4v) is 3.55. The topological polar surface area (TPSA) is 76.6 Å². The molecular weight excluding hydrogens is 376 g/mol. The summed E-state index contributed by atoms with van der Waals surface area (Å²) in [6.07, 6.45) is 1.17. The van der Waals surface area contributed by atoms with E-state index in [0.717, 1.165) is 16.7 Å². The van der Waals surface area contributed by atoms with Crippen LogP contribution in [0, 0.1) is 0 Å². The van der Waals surface area contributed by atoms with Gasteiger partial charge in [0, 0.05) is 18.7 Å². The number of carbonyl (C=O) groups is 1. The van der Waals surface area contributed by atoms with Crippen molar-refractivity contribution in [2.45, 2.75) is 17.9 Å². The van der Waals surface area contributed by atoms with Crippen molar-refractivity contribution in [1.29, 1.82) is 0 Å². The Morgan fingerprint density at radius 3 is 2.36 bits per heavy atom. The number of ether oxygens (including phenoxy) is 1. The van der Waals surface area contributed by atoms with Crippen LogP contribution in [0.4, 0.5) is 0 Å². The van der Waals surface area contributed by atoms with Gasteiger partial charge in [0.1, 0.15) is 11.4 Å². The summed E-state index contributed by atoms with van der Waals surface area (Å²) < 4.78 is 28.4. The van der Waals surface area contributed by atoms with Gasteiger partial charge in [-0.3, -0.25) is 4.79 Å². The predicted molar refractivity (Wildman–Crippen MR) is 108 cm³/mol. The fourth-order valence-electron chi connectivity index (χ4n) is 2.92. The lowest BCUT2D eigenvalue weighted by atomic mass is 10.1. The number of aromatic nitrogens is 1. The van der Waals surface area contributed by atoms with Crippen molar-refractivity contribution < 1.29 is 17.9 Å². The van der Waals surface area contributed by atoms with Crippen molar-refractivity contribution in [2.24, 2.45) is 0 Å². The number of fused-ring (bicyclic) bond motifs is 1. The number of methoxy groups -OCH3 is 1. The highest BCUT2D eigenvalue weighted by Gasteiger charge is 2.21. The molecule has 1 amide bonds. The Balaban J connectivity index is 1.84. The number of rotatable bonds is 5. The monoisotopic (exact) mass is 398 g/mol. The molecule has 0 bridgehead atoms. The van der Waals surface area contributed by atoms with Gasteiger partial charge >= 0.3 is 0 Å². The highest BCUT2D eigenvalue weighted by Crippen LogP contribution is 2.24. The van der Waals surface area contributed by atoms with Gasteiger partial charge in [0.2, 0.25) is 0 Å². The maximum absolute atomic E-state index is 12.9. The summed E-state index contributed by atoms with van der Waals surface area (Å²) in [4.78, 5) is 19.2. The molecule has 0 N–H and O–H groups in total. The zero-order valence-corrected chi connectivity index (χ0v) is 17.0. The van der Waals surface area contributed by atoms with Crippen molar-refractivity contribution in [1.82, 2.24) is 9.88 Å². The first-order chi connectivity index (χ1) is 13.2. The number of amides is 1. The summed E-state index contributed by atoms with van der Waals surface area (Å²) in [7, 11) is 0.0580. The standard InChI is InChI=1S/C21H22N2O4S/c1-14(15-5-9-18(10-6-15)28(4,25)26)23(2)21(24)20-11-7-16-13-17(27-3)8-12-19(16)22-20/h5-14H,1-4H3. The number of nitrogens with zero attached hydrogens (tertiary/aromatic N) is 2. The van der Waals surface area contributed by atoms with Gasteiger partial charge in [0.05, 0.1) is 23.6 Å². The summed E-state index contributed by atoms with van der Waals surface area (Å²) in [6.45, 7) is 1.89. The summed E-state index contributed by atoms with van der Waals surface area (Å²) in [6, 6.07) is 15.4. The van der Waals surface area contributed by atoms with Crippen LogP contribution in [0.25, 0.3) is 10.9 Å². The summed E-state index contributed by atoms with van der Waals surface area (Å²) in [5.41, 5.74) is 1.90. The van der Waals surface area contributed by atoms with E-state index < -0.39 is 9.84 Å². The van der Waals surface area contributed by atoms with Crippen LogP contribution in [-0.2, 0) is 9.84 Å². The zero-order valence-electron chi connectivity index (χ0n) is 16.2. The van der Waals surface area contributed by atoms with Crippen LogP contribution in [0.3, 0.4) is 0 Å². The van der Waals surface area contributed by atoms with Gasteiger partial charge < -0.3 is 9.64 Å². The Kier molecular flexibility index (Phi) is 5.38. The van der Waals surface area contributed by atoms with Gasteiger partial charge in [0.25, 0.3) is 5.91 Å². The molecule has 1 heterocycles. The molecule has 1 atom stereocenters. The van der Waals surface area contributed by atoms with Crippen LogP contribution in [0.2, 0.25) is 0 Å². The highest BCUT2D eigenvalue weighted by molar-refractivity contribution is 7.90. The van der Waals surface area contributed by atoms with E-state index in [0.29, 0.717) is 11.2 Å². The molecule has 0 radical (unpaired) electrons. The molecule has 2 aromatic carbocycles. The van der Waals surface area contributed by atoms with Crippen molar-refractivity contribution in [3.8, 4) is 5.75 Å². The summed E-state index contributed by atoms with van der Waals surface area (Å²) in [5.74, 6) is 0.522. The maximum atomic E-state index is 12.9. The molecule has 0 aliphatic rings. The molecular formula is C21H22N2O4S. The van der Waals surface area contributed by atoms with Crippen LogP contribution >= 0.6 is 0 Å². The molecule has 1 unspecified atom stereocenters. The molecule has 146 valence electrons. The van der Waals surface area contributed by atoms with Crippen molar-refractivity contribution >= 4 is 26.6 Å². The van der Waals surface area contributed by atoms with E-state index in [1.165, 1.54) is 6.26 Å². The predicted octanol–water partition coefficient (Wildman–Crippen LogP) is 3.48. The van der Waals surface area contributed by atoms with E-state index in [-0.39, 0.29) is 16.8 Å². The quantitative estimate of drug-likeness (QED) is 0.658. The largest absolute Gasteiger partial charge is 0.497 e. The lowest BCUT2D eigenvalue weighted by Gasteiger charge is -2.25. The molecule has 0 saturated heterocycles. The minimum Gasteiger partial charge on any atom is -0.497 e. The molecule has 3 aromatic rings. The van der Waals surface area contributed by atoms with Gasteiger partial charge in [-0.2, -0.15) is 0 Å². The van der Waals surface area contributed by atoms with Crippen molar-refractivity contribution in [3.05, 3.63) is 65.9 Å². The first kappa shape index (κ1) is 19.8. The second-order valence-electron chi connectivity index (χ2n) is 6.69. The van der Waals surface area contributed by atoms with Crippen LogP contribution in [0.15, 0.2) is 59.5 Å². The zero-order chi connectivity index (χ0) is 20.5. The third kappa shape index (κ3) is 3.99. The molecule has 0 aliphatic carbocycles. The van der Waals surface area contributed by atoms with Gasteiger partial charge in [-0.25, -0.2) is 13.4 Å². The molecule has 0 aliphatic heterocycles. The normalized spacial score (nSPS) is 12.6. The Bertz CT molecular complexity index is 1120. The van der Waals surface area contributed by atoms with Crippen molar-refractivity contribution in [3.63, 3.8) is 0 Å². The molecule has 28 heavy (non-hydrogen) atoms. The van der Waals surface area contributed by atoms with E-state index in [1.807, 2.05) is 25.1 Å². The van der Waals surface area contributed by atoms with E-state index in [9.17, 15) is 13.2 Å². The molecule has 0 saturated carbocycles. The van der Waals surface area contributed by atoms with Crippen molar-refractivity contribution in [2.75, 3.05) is 20.4 Å². The molecule has 0 fully saturated rings. The number of carbonyl (C=O) groups excluding carboxylic acids is 1. The third-order valence-electron chi connectivity index (χ3n) is 4.81. The van der Waals surface area contributed by atoms with E-state index >= 15 is 0 Å². The molecule has 0 spiro atoms. The second kappa shape index (κ2) is 7.59. The lowest BCUT2D eigenvalue weighted by molar-refractivity contribution is 0.0737. The number of hydrogen-bond donors (Lipinski definition) is 0. The first-order valence-corrected chi connectivity index (χ1v) is 10.6. The summed E-state index contributed by atoms with van der Waals surface area (Å²) >= 11 is 0. The average Bonchev–Trinajstić information content (AvgIpc) is 2.70. The number of hydrogen-bond acceptors (Lipinski definition) is 5. The lowest BCUT2D eigenvalue weighted by Crippen LogP contribution is -2.30. The molecule has 7 heteroatoms. The highest BCUT2D eigenvalue weighted by atomic mass is 32.2. The first-order valence-electron chi connectivity index (χ1n) is 8.72. The van der Waals surface area contributed by atoms with Crippen LogP contribution < -0.4 is 4.74 Å². The van der Waals surface area contributed by atoms with E-state index in [1.54, 1.807) is 55.5 Å². The van der Waals surface area contributed by atoms with E-state index in [2.05, 4.69) is 4.98 Å². The van der Waals surface area contributed by atoms with Crippen LogP contribution in [0.1, 0.15) is 29.0 Å². The molecule has 3 rings (SSSR count). The Labute approximate surface area is 164 Å². The van der Waals surface area contributed by atoms with Gasteiger partial charge in [-0.1, -0.05) is 18.2 Å². The fraction of sp³-hybridized carbons (Fsp3) is 0.238. The van der Waals surface area contributed by atoms with Gasteiger partial charge in [-0.15, -0.1) is 0 Å². The van der Waals surface area contributed by atoms with Crippen LogP contribution in [0.5, 0.6) is 5.75 Å². The minimum absolute atomic E-state index is 0.211.